The normalized spacial score (nSPS) is 11.7. The van der Waals surface area contributed by atoms with Crippen molar-refractivity contribution in [3.63, 3.8) is 0 Å². The van der Waals surface area contributed by atoms with E-state index in [0.717, 1.165) is 19.1 Å². The summed E-state index contributed by atoms with van der Waals surface area (Å²) in [6.45, 7) is 1.50. The second-order valence-electron chi connectivity index (χ2n) is 10.0. The molecule has 0 radical (unpaired) electrons. The first-order chi connectivity index (χ1) is 20.5. The molecule has 7 nitrogen and oxygen atoms in total. The smallest absolute Gasteiger partial charge is 0.335 e. The average molecular weight is 594 g/mol. The lowest BCUT2D eigenvalue weighted by Gasteiger charge is -2.12. The largest absolute Gasteiger partial charge is 0.478 e. The number of hydrogen-bond donors (Lipinski definition) is 1. The minimum absolute atomic E-state index is 0.0415. The van der Waals surface area contributed by atoms with E-state index in [4.69, 9.17) is 9.47 Å². The van der Waals surface area contributed by atoms with E-state index in [2.05, 4.69) is 9.97 Å². The van der Waals surface area contributed by atoms with Gasteiger partial charge in [0.15, 0.2) is 0 Å². The quantitative estimate of drug-likeness (QED) is 0.166. The van der Waals surface area contributed by atoms with E-state index in [-0.39, 0.29) is 46.9 Å². The van der Waals surface area contributed by atoms with Gasteiger partial charge in [-0.05, 0) is 47.5 Å². The Morgan fingerprint density at radius 1 is 0.977 bits per heavy atom. The maximum absolute atomic E-state index is 15.4. The first kappa shape index (κ1) is 29.7. The van der Waals surface area contributed by atoms with Gasteiger partial charge in [-0.15, -0.1) is 0 Å². The molecule has 0 saturated heterocycles. The summed E-state index contributed by atoms with van der Waals surface area (Å²) in [5, 5.41) is 9.39. The van der Waals surface area contributed by atoms with Crippen molar-refractivity contribution < 1.29 is 36.9 Å². The van der Waals surface area contributed by atoms with E-state index in [1.54, 1.807) is 22.8 Å². The molecule has 0 amide bonds. The van der Waals surface area contributed by atoms with Crippen LogP contribution in [0, 0.1) is 11.6 Å². The Labute approximate surface area is 244 Å². The fraction of sp³-hybridized carbons (Fsp3) is 0.219. The number of carboxylic acids is 1. The zero-order chi connectivity index (χ0) is 30.7. The van der Waals surface area contributed by atoms with Crippen molar-refractivity contribution in [3.05, 3.63) is 113 Å². The van der Waals surface area contributed by atoms with Gasteiger partial charge in [-0.1, -0.05) is 30.3 Å². The third kappa shape index (κ3) is 6.67. The Morgan fingerprint density at radius 2 is 1.74 bits per heavy atom. The van der Waals surface area contributed by atoms with Crippen molar-refractivity contribution in [1.82, 2.24) is 14.5 Å². The number of hydrogen-bond acceptors (Lipinski definition) is 5. The number of alkyl halides is 2. The Hall–Kier alpha value is -4.77. The van der Waals surface area contributed by atoms with E-state index in [9.17, 15) is 18.7 Å². The first-order valence-corrected chi connectivity index (χ1v) is 13.3. The van der Waals surface area contributed by atoms with E-state index in [1.807, 2.05) is 0 Å². The second-order valence-corrected chi connectivity index (χ2v) is 10.0. The van der Waals surface area contributed by atoms with Gasteiger partial charge >= 0.3 is 5.97 Å². The summed E-state index contributed by atoms with van der Waals surface area (Å²) in [4.78, 5) is 20.3. The molecule has 0 atom stereocenters. The average Bonchev–Trinajstić information content (AvgIpc) is 3.32. The molecule has 43 heavy (non-hydrogen) atoms. The number of aromatic nitrogens is 3. The number of imidazole rings is 1. The number of halogens is 4. The van der Waals surface area contributed by atoms with E-state index >= 15 is 8.78 Å². The molecule has 1 N–H and O–H groups in total. The first-order valence-electron chi connectivity index (χ1n) is 13.3. The van der Waals surface area contributed by atoms with Crippen LogP contribution in [0.5, 0.6) is 5.88 Å². The zero-order valence-electron chi connectivity index (χ0n) is 23.3. The SMILES string of the molecule is COCCn1c(Cc2cc(F)c(-c3cccc(OCc4ccc(C(C)(F)F)cc4)n3)cc2F)nc2ccc(C(=O)O)cc21. The van der Waals surface area contributed by atoms with E-state index in [0.29, 0.717) is 35.6 Å². The number of aromatic carboxylic acids is 1. The molecule has 0 aliphatic rings. The van der Waals surface area contributed by atoms with Gasteiger partial charge in [0, 0.05) is 44.2 Å². The van der Waals surface area contributed by atoms with Crippen molar-refractivity contribution in [1.29, 1.82) is 0 Å². The van der Waals surface area contributed by atoms with Crippen LogP contribution in [0.15, 0.2) is 72.8 Å². The Kier molecular flexibility index (Phi) is 8.45. The summed E-state index contributed by atoms with van der Waals surface area (Å²) < 4.78 is 70.2. The monoisotopic (exact) mass is 593 g/mol. The van der Waals surface area contributed by atoms with Crippen LogP contribution in [-0.4, -0.2) is 39.3 Å². The molecule has 0 spiro atoms. The lowest BCUT2D eigenvalue weighted by molar-refractivity contribution is 0.0174. The number of carbonyl (C=O) groups is 1. The predicted octanol–water partition coefficient (Wildman–Crippen LogP) is 7.00. The lowest BCUT2D eigenvalue weighted by Crippen LogP contribution is -2.10. The van der Waals surface area contributed by atoms with Crippen molar-refractivity contribution >= 4 is 17.0 Å². The number of fused-ring (bicyclic) bond motifs is 1. The zero-order valence-corrected chi connectivity index (χ0v) is 23.3. The molecule has 222 valence electrons. The number of carboxylic acid groups (broad SMARTS) is 1. The number of rotatable bonds is 11. The maximum Gasteiger partial charge on any atom is 0.335 e. The third-order valence-corrected chi connectivity index (χ3v) is 6.92. The van der Waals surface area contributed by atoms with Crippen LogP contribution in [0.1, 0.15) is 39.8 Å². The lowest BCUT2D eigenvalue weighted by atomic mass is 10.0. The van der Waals surface area contributed by atoms with Gasteiger partial charge in [-0.25, -0.2) is 32.3 Å². The van der Waals surface area contributed by atoms with Crippen LogP contribution < -0.4 is 4.74 Å². The van der Waals surface area contributed by atoms with E-state index < -0.39 is 23.5 Å². The van der Waals surface area contributed by atoms with Crippen LogP contribution in [0.2, 0.25) is 0 Å². The maximum atomic E-state index is 15.4. The fourth-order valence-electron chi connectivity index (χ4n) is 4.66. The Balaban J connectivity index is 1.37. The van der Waals surface area contributed by atoms with Crippen molar-refractivity contribution in [2.45, 2.75) is 32.4 Å². The van der Waals surface area contributed by atoms with Crippen molar-refractivity contribution in [2.75, 3.05) is 13.7 Å². The Bertz CT molecular complexity index is 1780. The van der Waals surface area contributed by atoms with E-state index in [1.165, 1.54) is 49.6 Å². The minimum Gasteiger partial charge on any atom is -0.478 e. The molecule has 11 heteroatoms. The van der Waals surface area contributed by atoms with Crippen molar-refractivity contribution in [3.8, 4) is 17.1 Å². The number of methoxy groups -OCH3 is 1. The fourth-order valence-corrected chi connectivity index (χ4v) is 4.66. The molecule has 0 unspecified atom stereocenters. The van der Waals surface area contributed by atoms with Gasteiger partial charge in [-0.3, -0.25) is 0 Å². The topological polar surface area (TPSA) is 86.5 Å². The Morgan fingerprint density at radius 3 is 2.44 bits per heavy atom. The highest BCUT2D eigenvalue weighted by molar-refractivity contribution is 5.92. The summed E-state index contributed by atoms with van der Waals surface area (Å²) in [6.07, 6.45) is -0.0524. The second kappa shape index (κ2) is 12.2. The van der Waals surface area contributed by atoms with Gasteiger partial charge in [0.05, 0.1) is 28.9 Å². The van der Waals surface area contributed by atoms with Gasteiger partial charge in [0.2, 0.25) is 5.88 Å². The molecular weight excluding hydrogens is 566 g/mol. The molecule has 2 aromatic heterocycles. The van der Waals surface area contributed by atoms with Crippen LogP contribution >= 0.6 is 0 Å². The van der Waals surface area contributed by atoms with Gasteiger partial charge in [0.25, 0.3) is 5.92 Å². The van der Waals surface area contributed by atoms with Gasteiger partial charge in [0.1, 0.15) is 24.1 Å². The van der Waals surface area contributed by atoms with Crippen LogP contribution in [0.25, 0.3) is 22.3 Å². The predicted molar refractivity (Wildman–Crippen MR) is 151 cm³/mol. The van der Waals surface area contributed by atoms with Crippen LogP contribution in [0.3, 0.4) is 0 Å². The molecule has 0 bridgehead atoms. The molecule has 3 aromatic carbocycles. The van der Waals surface area contributed by atoms with Crippen LogP contribution in [0.4, 0.5) is 17.6 Å². The molecule has 0 saturated carbocycles. The molecule has 0 aliphatic heterocycles. The summed E-state index contributed by atoms with van der Waals surface area (Å²) >= 11 is 0. The molecule has 5 aromatic rings. The molecule has 5 rings (SSSR count). The number of pyridine rings is 1. The summed E-state index contributed by atoms with van der Waals surface area (Å²) in [6, 6.07) is 17.0. The molecule has 0 aliphatic carbocycles. The van der Waals surface area contributed by atoms with Gasteiger partial charge < -0.3 is 19.1 Å². The highest BCUT2D eigenvalue weighted by Gasteiger charge is 2.23. The summed E-state index contributed by atoms with van der Waals surface area (Å²) in [7, 11) is 1.52. The third-order valence-electron chi connectivity index (χ3n) is 6.92. The molecular formula is C32H27F4N3O4. The summed E-state index contributed by atoms with van der Waals surface area (Å²) in [5.41, 5.74) is 1.81. The molecule has 0 fully saturated rings. The number of nitrogens with zero attached hydrogens (tertiary/aromatic N) is 3. The van der Waals surface area contributed by atoms with Gasteiger partial charge in [-0.2, -0.15) is 0 Å². The van der Waals surface area contributed by atoms with Crippen LogP contribution in [-0.2, 0) is 30.2 Å². The minimum atomic E-state index is -2.95. The number of ether oxygens (including phenoxy) is 2. The highest BCUT2D eigenvalue weighted by Crippen LogP contribution is 2.29. The summed E-state index contributed by atoms with van der Waals surface area (Å²) in [5.74, 6) is -4.84. The standard InChI is InChI=1S/C32H27F4N3O4/c1-32(35,36)22-9-6-19(7-10-22)18-43-30-5-3-4-26(38-30)23-17-24(33)21(14-25(23)34)16-29-37-27-11-8-20(31(40)41)15-28(27)39(29)12-13-42-2/h3-11,14-15,17H,12-13,16,18H2,1-2H3,(H,40,41). The highest BCUT2D eigenvalue weighted by atomic mass is 19.3. The molecule has 2 heterocycles. The number of benzene rings is 3. The van der Waals surface area contributed by atoms with Crippen molar-refractivity contribution in [2.24, 2.45) is 0 Å².